The number of amides is 1. The van der Waals surface area contributed by atoms with E-state index >= 15 is 0 Å². The van der Waals surface area contributed by atoms with Gasteiger partial charge in [-0.15, -0.1) is 0 Å². The van der Waals surface area contributed by atoms with Gasteiger partial charge < -0.3 is 9.30 Å². The van der Waals surface area contributed by atoms with E-state index in [1.54, 1.807) is 12.3 Å². The number of pyridine rings is 1. The molecule has 0 radical (unpaired) electrons. The SMILES string of the molecule is O=C(c1cccn2ccnc12)N1CCN(CCc2ccc(Cl)cc2Cl)CC1. The van der Waals surface area contributed by atoms with Gasteiger partial charge in [0.05, 0.1) is 5.56 Å². The maximum absolute atomic E-state index is 12.9. The van der Waals surface area contributed by atoms with Crippen molar-refractivity contribution in [3.63, 3.8) is 0 Å². The summed E-state index contributed by atoms with van der Waals surface area (Å²) in [7, 11) is 0. The molecule has 1 aliphatic rings. The maximum atomic E-state index is 12.9. The Morgan fingerprint density at radius 2 is 1.89 bits per heavy atom. The molecule has 0 bridgehead atoms. The Morgan fingerprint density at radius 3 is 2.67 bits per heavy atom. The van der Waals surface area contributed by atoms with Crippen molar-refractivity contribution in [3.8, 4) is 0 Å². The van der Waals surface area contributed by atoms with Crippen LogP contribution in [0.5, 0.6) is 0 Å². The molecular weight excluding hydrogens is 383 g/mol. The van der Waals surface area contributed by atoms with Crippen molar-refractivity contribution < 1.29 is 4.79 Å². The monoisotopic (exact) mass is 402 g/mol. The minimum absolute atomic E-state index is 0.0483. The first-order valence-electron chi connectivity index (χ1n) is 8.99. The fraction of sp³-hybridized carbons (Fsp3) is 0.300. The minimum Gasteiger partial charge on any atom is -0.336 e. The van der Waals surface area contributed by atoms with E-state index in [1.165, 1.54) is 0 Å². The highest BCUT2D eigenvalue weighted by atomic mass is 35.5. The van der Waals surface area contributed by atoms with Crippen molar-refractivity contribution in [1.82, 2.24) is 19.2 Å². The van der Waals surface area contributed by atoms with Crippen LogP contribution in [0.1, 0.15) is 15.9 Å². The second-order valence-electron chi connectivity index (χ2n) is 6.70. The van der Waals surface area contributed by atoms with Gasteiger partial charge in [0.25, 0.3) is 5.91 Å². The first kappa shape index (κ1) is 18.3. The van der Waals surface area contributed by atoms with Crippen molar-refractivity contribution in [1.29, 1.82) is 0 Å². The summed E-state index contributed by atoms with van der Waals surface area (Å²) < 4.78 is 1.87. The van der Waals surface area contributed by atoms with Crippen LogP contribution in [0.15, 0.2) is 48.9 Å². The van der Waals surface area contributed by atoms with Crippen LogP contribution >= 0.6 is 23.2 Å². The van der Waals surface area contributed by atoms with Gasteiger partial charge in [0.15, 0.2) is 0 Å². The largest absolute Gasteiger partial charge is 0.336 e. The molecule has 0 atom stereocenters. The number of fused-ring (bicyclic) bond motifs is 1. The lowest BCUT2D eigenvalue weighted by atomic mass is 10.1. The van der Waals surface area contributed by atoms with Crippen molar-refractivity contribution in [3.05, 3.63) is 70.1 Å². The third-order valence-corrected chi connectivity index (χ3v) is 5.61. The van der Waals surface area contributed by atoms with Crippen LogP contribution in [-0.2, 0) is 6.42 Å². The van der Waals surface area contributed by atoms with E-state index < -0.39 is 0 Å². The number of nitrogens with zero attached hydrogens (tertiary/aromatic N) is 4. The minimum atomic E-state index is 0.0483. The summed E-state index contributed by atoms with van der Waals surface area (Å²) >= 11 is 12.2. The van der Waals surface area contributed by atoms with Gasteiger partial charge in [0, 0.05) is 61.4 Å². The van der Waals surface area contributed by atoms with Crippen molar-refractivity contribution >= 4 is 34.8 Å². The van der Waals surface area contributed by atoms with Gasteiger partial charge in [-0.25, -0.2) is 4.98 Å². The fourth-order valence-electron chi connectivity index (χ4n) is 3.46. The number of piperazine rings is 1. The number of halogens is 2. The Morgan fingerprint density at radius 1 is 1.07 bits per heavy atom. The smallest absolute Gasteiger partial charge is 0.257 e. The van der Waals surface area contributed by atoms with E-state index in [-0.39, 0.29) is 5.91 Å². The summed E-state index contributed by atoms with van der Waals surface area (Å²) in [6.45, 7) is 4.06. The quantitative estimate of drug-likeness (QED) is 0.668. The van der Waals surface area contributed by atoms with Gasteiger partial charge in [0.1, 0.15) is 5.65 Å². The zero-order chi connectivity index (χ0) is 18.8. The molecule has 140 valence electrons. The molecule has 3 aromatic rings. The summed E-state index contributed by atoms with van der Waals surface area (Å²) in [5.41, 5.74) is 2.47. The van der Waals surface area contributed by atoms with Crippen LogP contribution in [0.4, 0.5) is 0 Å². The average Bonchev–Trinajstić information content (AvgIpc) is 3.16. The normalized spacial score (nSPS) is 15.4. The zero-order valence-electron chi connectivity index (χ0n) is 14.8. The van der Waals surface area contributed by atoms with E-state index in [1.807, 2.05) is 46.0 Å². The number of carbonyl (C=O) groups excluding carboxylic acids is 1. The maximum Gasteiger partial charge on any atom is 0.257 e. The molecular formula is C20H20Cl2N4O. The molecule has 27 heavy (non-hydrogen) atoms. The molecule has 0 aliphatic carbocycles. The van der Waals surface area contributed by atoms with Gasteiger partial charge in [-0.3, -0.25) is 9.69 Å². The number of aromatic nitrogens is 2. The predicted molar refractivity (Wildman–Crippen MR) is 108 cm³/mol. The van der Waals surface area contributed by atoms with E-state index in [2.05, 4.69) is 9.88 Å². The van der Waals surface area contributed by atoms with Crippen molar-refractivity contribution in [2.24, 2.45) is 0 Å². The summed E-state index contributed by atoms with van der Waals surface area (Å²) in [6, 6.07) is 9.37. The molecule has 1 fully saturated rings. The second-order valence-corrected chi connectivity index (χ2v) is 7.54. The average molecular weight is 403 g/mol. The molecule has 2 aromatic heterocycles. The van der Waals surface area contributed by atoms with Crippen LogP contribution in [0, 0.1) is 0 Å². The summed E-state index contributed by atoms with van der Waals surface area (Å²) in [4.78, 5) is 21.5. The molecule has 1 amide bonds. The number of imidazole rings is 1. The number of carbonyl (C=O) groups is 1. The van der Waals surface area contributed by atoms with E-state index in [0.717, 1.165) is 44.7 Å². The summed E-state index contributed by atoms with van der Waals surface area (Å²) in [5.74, 6) is 0.0483. The second kappa shape index (κ2) is 7.89. The summed E-state index contributed by atoms with van der Waals surface area (Å²) in [6.07, 6.45) is 6.34. The topological polar surface area (TPSA) is 40.9 Å². The highest BCUT2D eigenvalue weighted by Gasteiger charge is 2.23. The Kier molecular flexibility index (Phi) is 5.34. The van der Waals surface area contributed by atoms with Gasteiger partial charge in [-0.1, -0.05) is 29.3 Å². The standard InChI is InChI=1S/C20H20Cl2N4O/c21-16-4-3-15(18(22)14-16)5-8-24-10-12-26(13-11-24)20(27)17-2-1-7-25-9-6-23-19(17)25/h1-4,6-7,9,14H,5,8,10-13H2. The van der Waals surface area contributed by atoms with Crippen LogP contribution in [-0.4, -0.2) is 57.8 Å². The molecule has 5 nitrogen and oxygen atoms in total. The molecule has 4 rings (SSSR count). The van der Waals surface area contributed by atoms with E-state index in [9.17, 15) is 4.79 Å². The number of hydrogen-bond donors (Lipinski definition) is 0. The van der Waals surface area contributed by atoms with Gasteiger partial charge in [0.2, 0.25) is 0 Å². The molecule has 0 unspecified atom stereocenters. The van der Waals surface area contributed by atoms with Crippen LogP contribution in [0.25, 0.3) is 5.65 Å². The zero-order valence-corrected chi connectivity index (χ0v) is 16.3. The number of benzene rings is 1. The lowest BCUT2D eigenvalue weighted by Gasteiger charge is -2.34. The summed E-state index contributed by atoms with van der Waals surface area (Å²) in [5, 5.41) is 1.37. The van der Waals surface area contributed by atoms with Crippen LogP contribution in [0.2, 0.25) is 10.0 Å². The first-order valence-corrected chi connectivity index (χ1v) is 9.74. The third-order valence-electron chi connectivity index (χ3n) is 5.02. The van der Waals surface area contributed by atoms with Crippen LogP contribution in [0.3, 0.4) is 0 Å². The lowest BCUT2D eigenvalue weighted by molar-refractivity contribution is 0.0640. The molecule has 7 heteroatoms. The molecule has 0 N–H and O–H groups in total. The molecule has 3 heterocycles. The highest BCUT2D eigenvalue weighted by Crippen LogP contribution is 2.22. The number of rotatable bonds is 4. The van der Waals surface area contributed by atoms with E-state index in [4.69, 9.17) is 23.2 Å². The Balaban J connectivity index is 1.35. The van der Waals surface area contributed by atoms with Gasteiger partial charge in [-0.05, 0) is 36.2 Å². The molecule has 1 aliphatic heterocycles. The molecule has 1 aromatic carbocycles. The Hall–Kier alpha value is -2.08. The van der Waals surface area contributed by atoms with Crippen LogP contribution < -0.4 is 0 Å². The molecule has 0 spiro atoms. The van der Waals surface area contributed by atoms with Gasteiger partial charge in [-0.2, -0.15) is 0 Å². The molecule has 1 saturated heterocycles. The predicted octanol–water partition coefficient (Wildman–Crippen LogP) is 3.64. The Labute approximate surface area is 168 Å². The third kappa shape index (κ3) is 3.95. The number of hydrogen-bond acceptors (Lipinski definition) is 3. The van der Waals surface area contributed by atoms with Crippen molar-refractivity contribution in [2.75, 3.05) is 32.7 Å². The lowest BCUT2D eigenvalue weighted by Crippen LogP contribution is -2.49. The van der Waals surface area contributed by atoms with E-state index in [0.29, 0.717) is 21.3 Å². The van der Waals surface area contributed by atoms with Gasteiger partial charge >= 0.3 is 0 Å². The fourth-order valence-corrected chi connectivity index (χ4v) is 3.97. The van der Waals surface area contributed by atoms with Crippen molar-refractivity contribution in [2.45, 2.75) is 6.42 Å². The highest BCUT2D eigenvalue weighted by molar-refractivity contribution is 6.35. The molecule has 0 saturated carbocycles. The first-order chi connectivity index (χ1) is 13.1. The Bertz CT molecular complexity index is 964.